The third-order valence-electron chi connectivity index (χ3n) is 3.34. The molecule has 0 unspecified atom stereocenters. The van der Waals surface area contributed by atoms with Gasteiger partial charge in [-0.3, -0.25) is 0 Å². The van der Waals surface area contributed by atoms with Gasteiger partial charge >= 0.3 is 0 Å². The Hall–Kier alpha value is -0.780. The molecule has 0 aliphatic rings. The van der Waals surface area contributed by atoms with Crippen LogP contribution in [0.2, 0.25) is 0 Å². The third kappa shape index (κ3) is 6.11. The van der Waals surface area contributed by atoms with Crippen LogP contribution >= 0.6 is 0 Å². The molecule has 0 saturated carbocycles. The molecule has 0 radical (unpaired) electrons. The molecule has 0 aliphatic carbocycles. The van der Waals surface area contributed by atoms with Crippen LogP contribution in [-0.2, 0) is 10.8 Å². The Morgan fingerprint density at radius 1 is 0.650 bits per heavy atom. The first-order valence-electron chi connectivity index (χ1n) is 8.15. The van der Waals surface area contributed by atoms with E-state index in [2.05, 4.69) is 67.5 Å². The zero-order valence-electron chi connectivity index (χ0n) is 16.2. The van der Waals surface area contributed by atoms with E-state index in [0.29, 0.717) is 0 Å². The van der Waals surface area contributed by atoms with Gasteiger partial charge in [0.15, 0.2) is 0 Å². The zero-order valence-corrected chi connectivity index (χ0v) is 16.2. The summed E-state index contributed by atoms with van der Waals surface area (Å²) in [5.41, 5.74) is 6.25. The molecule has 118 valence electrons. The summed E-state index contributed by atoms with van der Waals surface area (Å²) in [6.07, 6.45) is 0. The maximum Gasteiger partial charge on any atom is -0.0129 e. The molecule has 0 bridgehead atoms. The summed E-state index contributed by atoms with van der Waals surface area (Å²) in [5.74, 6) is 0. The van der Waals surface area contributed by atoms with Crippen LogP contribution in [0.3, 0.4) is 0 Å². The lowest BCUT2D eigenvalue weighted by molar-refractivity contribution is 0.564. The van der Waals surface area contributed by atoms with Crippen molar-refractivity contribution in [1.29, 1.82) is 0 Å². The Morgan fingerprint density at radius 2 is 1.05 bits per heavy atom. The lowest BCUT2D eigenvalue weighted by Gasteiger charge is -2.28. The standard InChI is InChI=1S/C16H26.2C2H6/c1-11-9-13(15(3,4)5)10-14(12(11)2)16(6,7)8;2*1-2/h9-10H,1-8H3;2*1-2H3. The highest BCUT2D eigenvalue weighted by Gasteiger charge is 2.21. The van der Waals surface area contributed by atoms with Gasteiger partial charge in [0.2, 0.25) is 0 Å². The average molecular weight is 279 g/mol. The van der Waals surface area contributed by atoms with Crippen LogP contribution in [-0.4, -0.2) is 0 Å². The predicted octanol–water partition coefficient (Wildman–Crippen LogP) is 6.95. The van der Waals surface area contributed by atoms with E-state index in [1.165, 1.54) is 22.3 Å². The molecule has 1 aromatic rings. The van der Waals surface area contributed by atoms with E-state index in [1.807, 2.05) is 27.7 Å². The van der Waals surface area contributed by atoms with Crippen molar-refractivity contribution in [3.05, 3.63) is 34.4 Å². The van der Waals surface area contributed by atoms with Gasteiger partial charge < -0.3 is 0 Å². The van der Waals surface area contributed by atoms with Gasteiger partial charge in [-0.15, -0.1) is 0 Å². The summed E-state index contributed by atoms with van der Waals surface area (Å²) in [5, 5.41) is 0. The first-order valence-corrected chi connectivity index (χ1v) is 8.15. The maximum absolute atomic E-state index is 2.39. The van der Waals surface area contributed by atoms with Crippen LogP contribution in [0, 0.1) is 13.8 Å². The highest BCUT2D eigenvalue weighted by atomic mass is 14.3. The Kier molecular flexibility index (Phi) is 9.14. The third-order valence-corrected chi connectivity index (χ3v) is 3.34. The number of aryl methyl sites for hydroxylation is 1. The van der Waals surface area contributed by atoms with Crippen molar-refractivity contribution in [3.8, 4) is 0 Å². The van der Waals surface area contributed by atoms with Crippen molar-refractivity contribution >= 4 is 0 Å². The van der Waals surface area contributed by atoms with Crippen LogP contribution in [0.25, 0.3) is 0 Å². The zero-order chi connectivity index (χ0) is 16.7. The normalized spacial score (nSPS) is 11.0. The molecular formula is C20H38. The summed E-state index contributed by atoms with van der Waals surface area (Å²) in [6, 6.07) is 4.73. The summed E-state index contributed by atoms with van der Waals surface area (Å²) in [6.45, 7) is 26.2. The van der Waals surface area contributed by atoms with Crippen molar-refractivity contribution < 1.29 is 0 Å². The largest absolute Gasteiger partial charge is 0.0683 e. The molecule has 0 spiro atoms. The van der Waals surface area contributed by atoms with Crippen molar-refractivity contribution in [3.63, 3.8) is 0 Å². The molecule has 0 heteroatoms. The lowest BCUT2D eigenvalue weighted by atomic mass is 9.77. The van der Waals surface area contributed by atoms with Gasteiger partial charge in [-0.2, -0.15) is 0 Å². The van der Waals surface area contributed by atoms with E-state index in [0.717, 1.165) is 0 Å². The van der Waals surface area contributed by atoms with Gasteiger partial charge in [-0.25, -0.2) is 0 Å². The molecular weight excluding hydrogens is 240 g/mol. The SMILES string of the molecule is CC.CC.Cc1cc(C(C)(C)C)cc(C(C)(C)C)c1C. The number of hydrogen-bond acceptors (Lipinski definition) is 0. The van der Waals surface area contributed by atoms with Gasteiger partial charge in [0.25, 0.3) is 0 Å². The minimum absolute atomic E-state index is 0.232. The topological polar surface area (TPSA) is 0 Å². The van der Waals surface area contributed by atoms with Crippen LogP contribution < -0.4 is 0 Å². The lowest BCUT2D eigenvalue weighted by Crippen LogP contribution is -2.18. The predicted molar refractivity (Wildman–Crippen MR) is 96.0 cm³/mol. The second-order valence-electron chi connectivity index (χ2n) is 6.97. The summed E-state index contributed by atoms with van der Waals surface area (Å²) in [7, 11) is 0. The van der Waals surface area contributed by atoms with E-state index >= 15 is 0 Å². The Balaban J connectivity index is 0. The molecule has 1 aromatic carbocycles. The monoisotopic (exact) mass is 278 g/mol. The number of rotatable bonds is 0. The first kappa shape index (κ1) is 21.5. The van der Waals surface area contributed by atoms with E-state index in [4.69, 9.17) is 0 Å². The van der Waals surface area contributed by atoms with Crippen molar-refractivity contribution in [2.24, 2.45) is 0 Å². The fraction of sp³-hybridized carbons (Fsp3) is 0.700. The Labute approximate surface area is 129 Å². The van der Waals surface area contributed by atoms with Gasteiger partial charge in [0, 0.05) is 0 Å². The van der Waals surface area contributed by atoms with Crippen LogP contribution in [0.1, 0.15) is 91.5 Å². The fourth-order valence-electron chi connectivity index (χ4n) is 2.07. The molecule has 0 aromatic heterocycles. The van der Waals surface area contributed by atoms with Gasteiger partial charge in [-0.1, -0.05) is 81.4 Å². The minimum Gasteiger partial charge on any atom is -0.0683 e. The first-order chi connectivity index (χ1) is 9.03. The number of hydrogen-bond donors (Lipinski definition) is 0. The van der Waals surface area contributed by atoms with Crippen LogP contribution in [0.5, 0.6) is 0 Å². The van der Waals surface area contributed by atoms with E-state index in [9.17, 15) is 0 Å². The molecule has 20 heavy (non-hydrogen) atoms. The molecule has 0 heterocycles. The summed E-state index contributed by atoms with van der Waals surface area (Å²) in [4.78, 5) is 0. The van der Waals surface area contributed by atoms with Gasteiger partial charge in [-0.05, 0) is 46.9 Å². The van der Waals surface area contributed by atoms with Gasteiger partial charge in [0.05, 0.1) is 0 Å². The van der Waals surface area contributed by atoms with Crippen LogP contribution in [0.4, 0.5) is 0 Å². The molecule has 0 N–H and O–H groups in total. The fourth-order valence-corrected chi connectivity index (χ4v) is 2.07. The highest BCUT2D eigenvalue weighted by molar-refractivity contribution is 5.43. The Morgan fingerprint density at radius 3 is 1.35 bits per heavy atom. The maximum atomic E-state index is 2.39. The van der Waals surface area contributed by atoms with Crippen molar-refractivity contribution in [1.82, 2.24) is 0 Å². The molecule has 1 rings (SSSR count). The smallest absolute Gasteiger partial charge is 0.0129 e. The van der Waals surface area contributed by atoms with Gasteiger partial charge in [0.1, 0.15) is 0 Å². The highest BCUT2D eigenvalue weighted by Crippen LogP contribution is 2.32. The summed E-state index contributed by atoms with van der Waals surface area (Å²) < 4.78 is 0. The molecule has 0 saturated heterocycles. The molecule has 0 nitrogen and oxygen atoms in total. The molecule has 0 aliphatic heterocycles. The van der Waals surface area contributed by atoms with Crippen LogP contribution in [0.15, 0.2) is 12.1 Å². The van der Waals surface area contributed by atoms with Crippen molar-refractivity contribution in [2.45, 2.75) is 93.9 Å². The molecule has 0 atom stereocenters. The molecule has 0 amide bonds. The van der Waals surface area contributed by atoms with E-state index in [1.54, 1.807) is 0 Å². The molecule has 0 fully saturated rings. The number of benzene rings is 1. The minimum atomic E-state index is 0.232. The average Bonchev–Trinajstić information content (AvgIpc) is 2.34. The van der Waals surface area contributed by atoms with E-state index < -0.39 is 0 Å². The Bertz CT molecular complexity index is 384. The summed E-state index contributed by atoms with van der Waals surface area (Å²) >= 11 is 0. The second kappa shape index (κ2) is 8.49. The van der Waals surface area contributed by atoms with Crippen molar-refractivity contribution in [2.75, 3.05) is 0 Å². The van der Waals surface area contributed by atoms with E-state index in [-0.39, 0.29) is 10.8 Å². The second-order valence-corrected chi connectivity index (χ2v) is 6.97. The quantitative estimate of drug-likeness (QED) is 0.481.